The molecule has 0 spiro atoms. The third-order valence-corrected chi connectivity index (χ3v) is 2.85. The van der Waals surface area contributed by atoms with Crippen LogP contribution in [0.25, 0.3) is 0 Å². The van der Waals surface area contributed by atoms with E-state index in [0.717, 1.165) is 0 Å². The second kappa shape index (κ2) is 8.22. The lowest BCUT2D eigenvalue weighted by Crippen LogP contribution is -2.39. The Hall–Kier alpha value is -3.50. The molecule has 0 aliphatic heterocycles. The van der Waals surface area contributed by atoms with Gasteiger partial charge in [-0.3, -0.25) is 0 Å². The lowest BCUT2D eigenvalue weighted by Gasteiger charge is -2.24. The van der Waals surface area contributed by atoms with Crippen LogP contribution in [0.4, 0.5) is 5.69 Å². The van der Waals surface area contributed by atoms with Crippen molar-refractivity contribution in [2.24, 2.45) is 0 Å². The summed E-state index contributed by atoms with van der Waals surface area (Å²) in [7, 11) is 0. The first-order valence-corrected chi connectivity index (χ1v) is 7.05. The van der Waals surface area contributed by atoms with Crippen LogP contribution in [-0.4, -0.2) is 18.2 Å². The molecule has 0 bridgehead atoms. The summed E-state index contributed by atoms with van der Waals surface area (Å²) < 4.78 is 10.5. The average Bonchev–Trinajstić information content (AvgIpc) is 2.56. The Morgan fingerprint density at radius 2 is 1.71 bits per heavy atom. The molecule has 0 unspecified atom stereocenters. The van der Waals surface area contributed by atoms with Gasteiger partial charge in [0.15, 0.2) is 11.2 Å². The van der Waals surface area contributed by atoms with Crippen LogP contribution in [0.15, 0.2) is 35.5 Å². The lowest BCUT2D eigenvalue weighted by atomic mass is 10.1. The predicted octanol–water partition coefficient (Wildman–Crippen LogP) is 2.64. The van der Waals surface area contributed by atoms with Gasteiger partial charge < -0.3 is 14.8 Å². The quantitative estimate of drug-likeness (QED) is 0.631. The fourth-order valence-corrected chi connectivity index (χ4v) is 1.67. The minimum Gasteiger partial charge on any atom is -0.476 e. The van der Waals surface area contributed by atoms with Crippen LogP contribution >= 0.6 is 0 Å². The van der Waals surface area contributed by atoms with Crippen LogP contribution in [-0.2, 0) is 9.53 Å². The zero-order valence-corrected chi connectivity index (χ0v) is 13.6. The van der Waals surface area contributed by atoms with Crippen molar-refractivity contribution in [2.45, 2.75) is 26.4 Å². The minimum atomic E-state index is -1.14. The van der Waals surface area contributed by atoms with E-state index >= 15 is 0 Å². The van der Waals surface area contributed by atoms with Crippen LogP contribution in [0.2, 0.25) is 0 Å². The molecule has 0 fully saturated rings. The molecule has 1 N–H and O–H groups in total. The van der Waals surface area contributed by atoms with E-state index in [0.29, 0.717) is 11.4 Å². The molecule has 1 aromatic carbocycles. The third kappa shape index (κ3) is 4.76. The topological polar surface area (TPSA) is 119 Å². The van der Waals surface area contributed by atoms with Crippen molar-refractivity contribution in [3.05, 3.63) is 35.5 Å². The number of nitrogens with zero attached hydrogens (tertiary/aromatic N) is 3. The Morgan fingerprint density at radius 3 is 2.17 bits per heavy atom. The molecule has 0 aromatic heterocycles. The van der Waals surface area contributed by atoms with Gasteiger partial charge in [0.25, 0.3) is 0 Å². The normalized spacial score (nSPS) is 9.67. The highest BCUT2D eigenvalue weighted by atomic mass is 16.6. The van der Waals surface area contributed by atoms with Gasteiger partial charge in [-0.15, -0.1) is 0 Å². The van der Waals surface area contributed by atoms with Crippen molar-refractivity contribution < 1.29 is 14.3 Å². The number of esters is 1. The largest absolute Gasteiger partial charge is 0.476 e. The SMILES string of the molecule is CCOC(=O)C(C)(C)Oc1ccc(NC(C#N)=C(C#N)C#N)cc1. The van der Waals surface area contributed by atoms with Gasteiger partial charge in [-0.1, -0.05) is 0 Å². The molecule has 0 saturated heterocycles. The first-order chi connectivity index (χ1) is 11.4. The van der Waals surface area contributed by atoms with E-state index in [2.05, 4.69) is 5.32 Å². The Balaban J connectivity index is 2.90. The summed E-state index contributed by atoms with van der Waals surface area (Å²) in [5, 5.41) is 29.3. The molecule has 0 aliphatic rings. The monoisotopic (exact) mass is 324 g/mol. The van der Waals surface area contributed by atoms with Crippen molar-refractivity contribution in [1.29, 1.82) is 15.8 Å². The molecule has 0 radical (unpaired) electrons. The van der Waals surface area contributed by atoms with Crippen molar-refractivity contribution in [1.82, 2.24) is 0 Å². The van der Waals surface area contributed by atoms with Gasteiger partial charge in [0.05, 0.1) is 6.61 Å². The van der Waals surface area contributed by atoms with Gasteiger partial charge in [-0.25, -0.2) is 4.79 Å². The van der Waals surface area contributed by atoms with E-state index in [4.69, 9.17) is 25.3 Å². The number of hydrogen-bond acceptors (Lipinski definition) is 7. The summed E-state index contributed by atoms with van der Waals surface area (Å²) in [6.45, 7) is 5.17. The van der Waals surface area contributed by atoms with E-state index in [9.17, 15) is 4.79 Å². The van der Waals surface area contributed by atoms with Crippen LogP contribution < -0.4 is 10.1 Å². The highest BCUT2D eigenvalue weighted by Crippen LogP contribution is 2.22. The van der Waals surface area contributed by atoms with Crippen molar-refractivity contribution in [2.75, 3.05) is 11.9 Å². The fourth-order valence-electron chi connectivity index (χ4n) is 1.67. The molecular formula is C17H16N4O3. The number of hydrogen-bond donors (Lipinski definition) is 1. The zero-order chi connectivity index (χ0) is 18.2. The molecule has 0 amide bonds. The molecule has 1 rings (SSSR count). The van der Waals surface area contributed by atoms with Crippen molar-refractivity contribution in [3.63, 3.8) is 0 Å². The van der Waals surface area contributed by atoms with E-state index in [1.54, 1.807) is 63.2 Å². The number of allylic oxidation sites excluding steroid dienone is 2. The molecule has 0 heterocycles. The minimum absolute atomic E-state index is 0.138. The van der Waals surface area contributed by atoms with Crippen LogP contribution in [0.1, 0.15) is 20.8 Å². The van der Waals surface area contributed by atoms with Gasteiger partial charge in [0.1, 0.15) is 29.7 Å². The first-order valence-electron chi connectivity index (χ1n) is 7.05. The van der Waals surface area contributed by atoms with Crippen LogP contribution in [0.3, 0.4) is 0 Å². The van der Waals surface area contributed by atoms with E-state index in [1.807, 2.05) is 0 Å². The van der Waals surface area contributed by atoms with Gasteiger partial charge in [0, 0.05) is 5.69 Å². The standard InChI is InChI=1S/C17H16N4O3/c1-4-23-16(22)17(2,3)24-14-7-5-13(6-8-14)21-15(11-20)12(9-18)10-19/h5-8,21H,4H2,1-3H3. The van der Waals surface area contributed by atoms with Gasteiger partial charge >= 0.3 is 5.97 Å². The Kier molecular flexibility index (Phi) is 6.35. The van der Waals surface area contributed by atoms with Crippen molar-refractivity contribution >= 4 is 11.7 Å². The molecule has 1 aromatic rings. The molecule has 24 heavy (non-hydrogen) atoms. The van der Waals surface area contributed by atoms with E-state index in [-0.39, 0.29) is 17.9 Å². The number of carbonyl (C=O) groups is 1. The van der Waals surface area contributed by atoms with Gasteiger partial charge in [-0.2, -0.15) is 15.8 Å². The molecule has 7 heteroatoms. The van der Waals surface area contributed by atoms with E-state index in [1.165, 1.54) is 0 Å². The number of carbonyl (C=O) groups excluding carboxylic acids is 1. The van der Waals surface area contributed by atoms with E-state index < -0.39 is 11.6 Å². The molecule has 122 valence electrons. The highest BCUT2D eigenvalue weighted by molar-refractivity contribution is 5.79. The molecule has 0 atom stereocenters. The number of rotatable bonds is 6. The first kappa shape index (κ1) is 18.5. The maximum atomic E-state index is 11.8. The summed E-state index contributed by atoms with van der Waals surface area (Å²) in [6, 6.07) is 11.4. The number of nitriles is 3. The third-order valence-electron chi connectivity index (χ3n) is 2.85. The molecule has 7 nitrogen and oxygen atoms in total. The Morgan fingerprint density at radius 1 is 1.12 bits per heavy atom. The molecule has 0 saturated carbocycles. The second-order valence-electron chi connectivity index (χ2n) is 5.07. The summed E-state index contributed by atoms with van der Waals surface area (Å²) in [5.41, 5.74) is -1.09. The molecular weight excluding hydrogens is 308 g/mol. The van der Waals surface area contributed by atoms with Crippen LogP contribution in [0.5, 0.6) is 5.75 Å². The smallest absolute Gasteiger partial charge is 0.349 e. The Bertz CT molecular complexity index is 743. The maximum Gasteiger partial charge on any atom is 0.349 e. The Labute approximate surface area is 140 Å². The maximum absolute atomic E-state index is 11.8. The summed E-state index contributed by atoms with van der Waals surface area (Å²) in [6.07, 6.45) is 0. The highest BCUT2D eigenvalue weighted by Gasteiger charge is 2.31. The fraction of sp³-hybridized carbons (Fsp3) is 0.294. The van der Waals surface area contributed by atoms with Crippen LogP contribution in [0, 0.1) is 34.0 Å². The second-order valence-corrected chi connectivity index (χ2v) is 5.07. The zero-order valence-electron chi connectivity index (χ0n) is 13.6. The van der Waals surface area contributed by atoms with Crippen molar-refractivity contribution in [3.8, 4) is 24.0 Å². The summed E-state index contributed by atoms with van der Waals surface area (Å²) in [4.78, 5) is 11.8. The summed E-state index contributed by atoms with van der Waals surface area (Å²) >= 11 is 0. The predicted molar refractivity (Wildman–Crippen MR) is 85.3 cm³/mol. The van der Waals surface area contributed by atoms with Gasteiger partial charge in [0.2, 0.25) is 0 Å². The van der Waals surface area contributed by atoms with Gasteiger partial charge in [-0.05, 0) is 45.0 Å². The number of ether oxygens (including phenoxy) is 2. The lowest BCUT2D eigenvalue weighted by molar-refractivity contribution is -0.158. The number of benzene rings is 1. The summed E-state index contributed by atoms with van der Waals surface area (Å²) in [5.74, 6) is -0.0449. The number of anilines is 1. The number of nitrogens with one attached hydrogen (secondary N) is 1. The average molecular weight is 324 g/mol. The molecule has 0 aliphatic carbocycles.